The fourth-order valence-corrected chi connectivity index (χ4v) is 8.65. The van der Waals surface area contributed by atoms with Crippen LogP contribution in [0.25, 0.3) is 0 Å². The SMILES string of the molecule is C=C(C[C@]1(S(=O)(=O)c2ccccc2)C(=O)[C@H]2C=CC[C@@H]1C2)C[Si](C)(C)C. The van der Waals surface area contributed by atoms with E-state index in [4.69, 9.17) is 0 Å². The number of allylic oxidation sites excluding steroid dienone is 3. The minimum Gasteiger partial charge on any atom is -0.297 e. The third kappa shape index (κ3) is 3.16. The van der Waals surface area contributed by atoms with Gasteiger partial charge in [-0.15, -0.1) is 6.58 Å². The fraction of sp³-hybridized carbons (Fsp3) is 0.476. The van der Waals surface area contributed by atoms with Gasteiger partial charge in [-0.3, -0.25) is 4.79 Å². The van der Waals surface area contributed by atoms with Crippen molar-refractivity contribution < 1.29 is 13.2 Å². The van der Waals surface area contributed by atoms with Gasteiger partial charge in [-0.05, 0) is 43.4 Å². The first-order valence-electron chi connectivity index (χ1n) is 9.25. The van der Waals surface area contributed by atoms with Crippen LogP contribution in [-0.4, -0.2) is 27.0 Å². The monoisotopic (exact) mass is 388 g/mol. The number of fused-ring (bicyclic) bond motifs is 2. The van der Waals surface area contributed by atoms with Crippen molar-refractivity contribution in [1.29, 1.82) is 0 Å². The molecule has 1 aromatic carbocycles. The lowest BCUT2D eigenvalue weighted by Crippen LogP contribution is -2.49. The van der Waals surface area contributed by atoms with E-state index in [1.54, 1.807) is 30.3 Å². The molecule has 140 valence electrons. The van der Waals surface area contributed by atoms with Crippen LogP contribution in [0.5, 0.6) is 0 Å². The topological polar surface area (TPSA) is 51.2 Å². The van der Waals surface area contributed by atoms with Crippen LogP contribution in [0.2, 0.25) is 25.7 Å². The molecule has 5 heteroatoms. The van der Waals surface area contributed by atoms with Gasteiger partial charge in [0.15, 0.2) is 15.6 Å². The highest BCUT2D eigenvalue weighted by Crippen LogP contribution is 2.52. The molecule has 0 aromatic heterocycles. The molecule has 0 heterocycles. The van der Waals surface area contributed by atoms with Gasteiger partial charge in [0.2, 0.25) is 0 Å². The molecular formula is C21H28O3SSi. The molecule has 2 bridgehead atoms. The average Bonchev–Trinajstić information content (AvgIpc) is 2.75. The Morgan fingerprint density at radius 1 is 1.23 bits per heavy atom. The molecule has 3 nitrogen and oxygen atoms in total. The highest BCUT2D eigenvalue weighted by Gasteiger charge is 2.62. The molecule has 0 radical (unpaired) electrons. The van der Waals surface area contributed by atoms with E-state index in [2.05, 4.69) is 26.2 Å². The number of rotatable bonds is 6. The van der Waals surface area contributed by atoms with Gasteiger partial charge >= 0.3 is 0 Å². The van der Waals surface area contributed by atoms with Crippen molar-refractivity contribution in [2.45, 2.75) is 54.6 Å². The maximum Gasteiger partial charge on any atom is 0.191 e. The van der Waals surface area contributed by atoms with Crippen molar-refractivity contribution >= 4 is 23.7 Å². The molecule has 0 spiro atoms. The summed E-state index contributed by atoms with van der Waals surface area (Å²) in [6.45, 7) is 10.9. The molecule has 0 aliphatic heterocycles. The van der Waals surface area contributed by atoms with E-state index in [1.165, 1.54) is 0 Å². The van der Waals surface area contributed by atoms with Crippen molar-refractivity contribution in [1.82, 2.24) is 0 Å². The third-order valence-corrected chi connectivity index (χ3v) is 9.66. The van der Waals surface area contributed by atoms with Crippen LogP contribution in [0.1, 0.15) is 19.3 Å². The quantitative estimate of drug-likeness (QED) is 0.526. The first kappa shape index (κ1) is 19.3. The molecular weight excluding hydrogens is 360 g/mol. The maximum absolute atomic E-state index is 13.7. The normalized spacial score (nSPS) is 28.3. The summed E-state index contributed by atoms with van der Waals surface area (Å²) >= 11 is 0. The van der Waals surface area contributed by atoms with E-state index in [0.717, 1.165) is 11.6 Å². The van der Waals surface area contributed by atoms with Gasteiger partial charge < -0.3 is 0 Å². The summed E-state index contributed by atoms with van der Waals surface area (Å²) in [6, 6.07) is 9.31. The molecule has 26 heavy (non-hydrogen) atoms. The van der Waals surface area contributed by atoms with Gasteiger partial charge in [-0.2, -0.15) is 0 Å². The predicted octanol–water partition coefficient (Wildman–Crippen LogP) is 4.65. The summed E-state index contributed by atoms with van der Waals surface area (Å²) in [4.78, 5) is 13.6. The Morgan fingerprint density at radius 2 is 1.88 bits per heavy atom. The number of carbonyl (C=O) groups excluding carboxylic acids is 1. The highest BCUT2D eigenvalue weighted by molar-refractivity contribution is 7.93. The standard InChI is InChI=1S/C21H28O3SSi/c1-16(15-26(2,3)4)14-21(18-10-8-9-17(13-18)20(21)22)25(23,24)19-11-6-5-7-12-19/h5-9,11-12,17-18H,1,10,13-15H2,2-4H3/t17-,18+,21+/m0/s1. The van der Waals surface area contributed by atoms with Gasteiger partial charge in [-0.1, -0.05) is 55.6 Å². The molecule has 3 rings (SSSR count). The minimum atomic E-state index is -3.79. The van der Waals surface area contributed by atoms with Crippen LogP contribution in [0, 0.1) is 11.8 Å². The van der Waals surface area contributed by atoms with E-state index in [9.17, 15) is 13.2 Å². The van der Waals surface area contributed by atoms with E-state index >= 15 is 0 Å². The molecule has 1 aromatic rings. The molecule has 0 amide bonds. The summed E-state index contributed by atoms with van der Waals surface area (Å²) in [7, 11) is -5.23. The smallest absolute Gasteiger partial charge is 0.191 e. The average molecular weight is 389 g/mol. The molecule has 1 fully saturated rings. The predicted molar refractivity (Wildman–Crippen MR) is 109 cm³/mol. The van der Waals surface area contributed by atoms with Gasteiger partial charge in [0, 0.05) is 14.0 Å². The number of sulfone groups is 1. The zero-order valence-electron chi connectivity index (χ0n) is 15.9. The van der Waals surface area contributed by atoms with Crippen LogP contribution >= 0.6 is 0 Å². The van der Waals surface area contributed by atoms with Crippen LogP contribution in [-0.2, 0) is 14.6 Å². The zero-order chi connectivity index (χ0) is 19.2. The Morgan fingerprint density at radius 3 is 2.46 bits per heavy atom. The molecule has 2 aliphatic carbocycles. The summed E-state index contributed by atoms with van der Waals surface area (Å²) in [5.74, 6) is -0.558. The molecule has 0 N–H and O–H groups in total. The minimum absolute atomic E-state index is 0.128. The van der Waals surface area contributed by atoms with E-state index < -0.39 is 22.7 Å². The van der Waals surface area contributed by atoms with E-state index in [-0.39, 0.29) is 28.9 Å². The Kier molecular flexibility index (Phi) is 4.91. The Hall–Kier alpha value is -1.46. The van der Waals surface area contributed by atoms with Gasteiger partial charge in [0.05, 0.1) is 4.90 Å². The summed E-state index contributed by atoms with van der Waals surface area (Å²) in [5, 5.41) is 0. The lowest BCUT2D eigenvalue weighted by Gasteiger charge is -2.34. The second-order valence-corrected chi connectivity index (χ2v) is 16.6. The second kappa shape index (κ2) is 6.61. The van der Waals surface area contributed by atoms with Crippen molar-refractivity contribution in [3.05, 3.63) is 54.6 Å². The van der Waals surface area contributed by atoms with E-state index in [1.807, 2.05) is 12.2 Å². The van der Waals surface area contributed by atoms with Crippen molar-refractivity contribution in [3.63, 3.8) is 0 Å². The number of hydrogen-bond acceptors (Lipinski definition) is 3. The number of hydrogen-bond donors (Lipinski definition) is 0. The Labute approximate surface area is 158 Å². The summed E-state index contributed by atoms with van der Waals surface area (Å²) < 4.78 is 26.1. The Balaban J connectivity index is 2.10. The first-order valence-corrected chi connectivity index (χ1v) is 14.4. The lowest BCUT2D eigenvalue weighted by molar-refractivity contribution is -0.121. The summed E-state index contributed by atoms with van der Waals surface area (Å²) in [6.07, 6.45) is 5.44. The largest absolute Gasteiger partial charge is 0.297 e. The van der Waals surface area contributed by atoms with Crippen molar-refractivity contribution in [2.24, 2.45) is 11.8 Å². The van der Waals surface area contributed by atoms with Crippen molar-refractivity contribution in [3.8, 4) is 0 Å². The van der Waals surface area contributed by atoms with E-state index in [0.29, 0.717) is 12.8 Å². The number of Topliss-reactive ketones (excluding diaryl/α,β-unsaturated/α-hetero) is 1. The van der Waals surface area contributed by atoms with Gasteiger partial charge in [0.1, 0.15) is 4.75 Å². The Bertz CT molecular complexity index is 849. The van der Waals surface area contributed by atoms with Gasteiger partial charge in [0.25, 0.3) is 0 Å². The zero-order valence-corrected chi connectivity index (χ0v) is 17.7. The maximum atomic E-state index is 13.7. The second-order valence-electron chi connectivity index (χ2n) is 8.94. The van der Waals surface area contributed by atoms with Crippen molar-refractivity contribution in [2.75, 3.05) is 0 Å². The van der Waals surface area contributed by atoms with Crippen LogP contribution in [0.4, 0.5) is 0 Å². The van der Waals surface area contributed by atoms with Crippen LogP contribution < -0.4 is 0 Å². The first-order chi connectivity index (χ1) is 12.1. The number of carbonyl (C=O) groups is 1. The molecule has 0 unspecified atom stereocenters. The highest BCUT2D eigenvalue weighted by atomic mass is 32.2. The molecule has 0 saturated heterocycles. The fourth-order valence-electron chi connectivity index (χ4n) is 4.65. The molecule has 1 saturated carbocycles. The number of benzene rings is 1. The molecule has 3 atom stereocenters. The van der Waals surface area contributed by atoms with Gasteiger partial charge in [-0.25, -0.2) is 8.42 Å². The third-order valence-electron chi connectivity index (χ3n) is 5.57. The van der Waals surface area contributed by atoms with Crippen LogP contribution in [0.15, 0.2) is 59.5 Å². The lowest BCUT2D eigenvalue weighted by atomic mass is 9.86. The number of ketones is 1. The van der Waals surface area contributed by atoms with Crippen LogP contribution in [0.3, 0.4) is 0 Å². The summed E-state index contributed by atoms with van der Waals surface area (Å²) in [5.41, 5.74) is 0.907. The molecule has 2 aliphatic rings.